The lowest BCUT2D eigenvalue weighted by molar-refractivity contribution is -0.139. The van der Waals surface area contributed by atoms with Crippen LogP contribution in [0.2, 0.25) is 0 Å². The lowest BCUT2D eigenvalue weighted by atomic mass is 10.2. The second-order valence-corrected chi connectivity index (χ2v) is 6.34. The van der Waals surface area contributed by atoms with Crippen LogP contribution in [0.25, 0.3) is 0 Å². The molecular weight excluding hydrogens is 356 g/mol. The van der Waals surface area contributed by atoms with Crippen LogP contribution in [0.5, 0.6) is 5.75 Å². The van der Waals surface area contributed by atoms with Crippen molar-refractivity contribution in [2.24, 2.45) is 0 Å². The summed E-state index contributed by atoms with van der Waals surface area (Å²) in [5.74, 6) is 0.251. The zero-order valence-corrected chi connectivity index (χ0v) is 14.8. The van der Waals surface area contributed by atoms with Crippen LogP contribution in [0.3, 0.4) is 0 Å². The summed E-state index contributed by atoms with van der Waals surface area (Å²) in [6.07, 6.45) is -0.746. The third-order valence-corrected chi connectivity index (χ3v) is 4.64. The van der Waals surface area contributed by atoms with E-state index in [2.05, 4.69) is 4.74 Å². The fourth-order valence-corrected chi connectivity index (χ4v) is 3.29. The summed E-state index contributed by atoms with van der Waals surface area (Å²) in [6, 6.07) is 8.75. The highest BCUT2D eigenvalue weighted by Crippen LogP contribution is 2.26. The number of nitriles is 1. The number of esters is 1. The first-order chi connectivity index (χ1) is 12.6. The van der Waals surface area contributed by atoms with Crippen LogP contribution in [-0.4, -0.2) is 38.4 Å². The summed E-state index contributed by atoms with van der Waals surface area (Å²) < 4.78 is 15.7. The van der Waals surface area contributed by atoms with Gasteiger partial charge in [-0.1, -0.05) is 0 Å². The van der Waals surface area contributed by atoms with Crippen molar-refractivity contribution in [1.82, 2.24) is 0 Å². The monoisotopic (exact) mass is 372 g/mol. The lowest BCUT2D eigenvalue weighted by Gasteiger charge is -2.13. The van der Waals surface area contributed by atoms with E-state index in [1.807, 2.05) is 11.4 Å². The first-order valence-corrected chi connectivity index (χ1v) is 8.78. The van der Waals surface area contributed by atoms with Gasteiger partial charge in [-0.05, 0) is 29.6 Å². The molecule has 1 unspecified atom stereocenters. The van der Waals surface area contributed by atoms with Crippen molar-refractivity contribution in [1.29, 1.82) is 5.26 Å². The van der Waals surface area contributed by atoms with Gasteiger partial charge in [-0.3, -0.25) is 9.69 Å². The number of nitrogens with zero attached hydrogens (tertiary/aromatic N) is 2. The largest absolute Gasteiger partial charge is 0.488 e. The van der Waals surface area contributed by atoms with E-state index in [9.17, 15) is 9.59 Å². The van der Waals surface area contributed by atoms with Gasteiger partial charge >= 0.3 is 12.1 Å². The van der Waals surface area contributed by atoms with Crippen molar-refractivity contribution in [2.75, 3.05) is 25.2 Å². The number of hydrogen-bond donors (Lipinski definition) is 0. The Kier molecular flexibility index (Phi) is 5.39. The molecule has 3 rings (SSSR count). The Bertz CT molecular complexity index is 840. The van der Waals surface area contributed by atoms with E-state index < -0.39 is 12.2 Å². The predicted octanol–water partition coefficient (Wildman–Crippen LogP) is 2.74. The van der Waals surface area contributed by atoms with Gasteiger partial charge in [0.25, 0.3) is 0 Å². The third-order valence-electron chi connectivity index (χ3n) is 3.87. The first kappa shape index (κ1) is 17.8. The number of methoxy groups -OCH3 is 1. The van der Waals surface area contributed by atoms with Crippen molar-refractivity contribution in [3.8, 4) is 11.8 Å². The second kappa shape index (κ2) is 7.89. The molecule has 0 aliphatic carbocycles. The van der Waals surface area contributed by atoms with Gasteiger partial charge in [-0.2, -0.15) is 5.26 Å². The topological polar surface area (TPSA) is 88.9 Å². The van der Waals surface area contributed by atoms with E-state index in [4.69, 9.17) is 14.7 Å². The molecule has 134 valence electrons. The van der Waals surface area contributed by atoms with Crippen LogP contribution in [0.1, 0.15) is 11.1 Å². The fourth-order valence-electron chi connectivity index (χ4n) is 2.51. The summed E-state index contributed by atoms with van der Waals surface area (Å²) in [7, 11) is 1.34. The van der Waals surface area contributed by atoms with Crippen molar-refractivity contribution in [3.05, 3.63) is 46.2 Å². The molecule has 2 heterocycles. The molecule has 1 saturated heterocycles. The van der Waals surface area contributed by atoms with E-state index in [-0.39, 0.29) is 19.0 Å². The number of benzene rings is 1. The summed E-state index contributed by atoms with van der Waals surface area (Å²) in [6.45, 7) is 0.532. The minimum absolute atomic E-state index is 0.136. The highest BCUT2D eigenvalue weighted by atomic mass is 32.1. The number of ether oxygens (including phenoxy) is 3. The average Bonchev–Trinajstić information content (AvgIpc) is 3.26. The van der Waals surface area contributed by atoms with Gasteiger partial charge in [-0.15, -0.1) is 11.3 Å². The molecule has 1 aromatic carbocycles. The van der Waals surface area contributed by atoms with E-state index in [0.717, 1.165) is 5.56 Å². The molecule has 0 N–H and O–H groups in total. The molecule has 0 radical (unpaired) electrons. The van der Waals surface area contributed by atoms with Crippen molar-refractivity contribution in [3.63, 3.8) is 0 Å². The Balaban J connectivity index is 1.59. The number of carbonyl (C=O) groups excluding carboxylic acids is 2. The number of hydrogen-bond acceptors (Lipinski definition) is 7. The first-order valence-electron chi connectivity index (χ1n) is 7.83. The van der Waals surface area contributed by atoms with Gasteiger partial charge in [0.2, 0.25) is 0 Å². The second-order valence-electron chi connectivity index (χ2n) is 5.60. The van der Waals surface area contributed by atoms with Gasteiger partial charge in [0.15, 0.2) is 6.10 Å². The highest BCUT2D eigenvalue weighted by Gasteiger charge is 2.33. The molecule has 1 amide bonds. The molecule has 2 aromatic rings. The molecule has 1 fully saturated rings. The smallest absolute Gasteiger partial charge is 0.414 e. The van der Waals surface area contributed by atoms with Crippen LogP contribution < -0.4 is 9.64 Å². The molecule has 1 aliphatic heterocycles. The number of carbonyl (C=O) groups is 2. The Labute approximate surface area is 154 Å². The van der Waals surface area contributed by atoms with Gasteiger partial charge in [0.1, 0.15) is 12.4 Å². The maximum absolute atomic E-state index is 12.1. The summed E-state index contributed by atoms with van der Waals surface area (Å²) in [5.41, 5.74) is 1.94. The van der Waals surface area contributed by atoms with Gasteiger partial charge in [0, 0.05) is 16.6 Å². The fraction of sp³-hybridized carbons (Fsp3) is 0.278. The molecule has 1 aromatic heterocycles. The Morgan fingerprint density at radius 3 is 2.85 bits per heavy atom. The van der Waals surface area contributed by atoms with Crippen LogP contribution in [0, 0.1) is 11.3 Å². The number of rotatable bonds is 6. The maximum Gasteiger partial charge on any atom is 0.414 e. The Hall–Kier alpha value is -3.05. The zero-order valence-electron chi connectivity index (χ0n) is 14.0. The normalized spacial score (nSPS) is 16.1. The highest BCUT2D eigenvalue weighted by molar-refractivity contribution is 7.08. The van der Waals surface area contributed by atoms with Gasteiger partial charge in [0.05, 0.1) is 31.7 Å². The van der Waals surface area contributed by atoms with E-state index >= 15 is 0 Å². The van der Waals surface area contributed by atoms with E-state index in [0.29, 0.717) is 23.5 Å². The molecule has 0 bridgehead atoms. The minimum atomic E-state index is -0.455. The molecule has 0 spiro atoms. The van der Waals surface area contributed by atoms with Crippen molar-refractivity contribution >= 4 is 29.1 Å². The standard InChI is InChI=1S/C18H16N2O5S/c1-23-17(21)6-13-10-26-11-16(13)24-9-15-8-20(18(22)25-15)14-4-2-12(7-19)3-5-14/h2-5,10-11,15H,6,8-9H2,1H3. The van der Waals surface area contributed by atoms with Gasteiger partial charge < -0.3 is 14.2 Å². The van der Waals surface area contributed by atoms with Crippen LogP contribution in [0.15, 0.2) is 35.0 Å². The number of amides is 1. The average molecular weight is 372 g/mol. The molecular formula is C18H16N2O5S. The molecule has 8 heteroatoms. The predicted molar refractivity (Wildman–Crippen MR) is 94.3 cm³/mol. The van der Waals surface area contributed by atoms with Crippen molar-refractivity contribution < 1.29 is 23.8 Å². The van der Waals surface area contributed by atoms with E-state index in [1.54, 1.807) is 29.6 Å². The van der Waals surface area contributed by atoms with Crippen LogP contribution in [0.4, 0.5) is 10.5 Å². The lowest BCUT2D eigenvalue weighted by Crippen LogP contribution is -2.26. The molecule has 1 aliphatic rings. The quantitative estimate of drug-likeness (QED) is 0.725. The van der Waals surface area contributed by atoms with E-state index in [1.165, 1.54) is 23.3 Å². The van der Waals surface area contributed by atoms with Crippen molar-refractivity contribution in [2.45, 2.75) is 12.5 Å². The van der Waals surface area contributed by atoms with Crippen LogP contribution in [-0.2, 0) is 20.7 Å². The molecule has 1 atom stereocenters. The summed E-state index contributed by atoms with van der Waals surface area (Å²) >= 11 is 1.43. The zero-order chi connectivity index (χ0) is 18.5. The Morgan fingerprint density at radius 2 is 2.15 bits per heavy atom. The number of anilines is 1. The minimum Gasteiger partial charge on any atom is -0.488 e. The molecule has 7 nitrogen and oxygen atoms in total. The van der Waals surface area contributed by atoms with Crippen LogP contribution >= 0.6 is 11.3 Å². The third kappa shape index (κ3) is 3.95. The molecule has 26 heavy (non-hydrogen) atoms. The molecule has 0 saturated carbocycles. The Morgan fingerprint density at radius 1 is 1.38 bits per heavy atom. The number of cyclic esters (lactones) is 1. The summed E-state index contributed by atoms with van der Waals surface area (Å²) in [5, 5.41) is 12.5. The SMILES string of the molecule is COC(=O)Cc1cscc1OCC1CN(c2ccc(C#N)cc2)C(=O)O1. The number of thiophene rings is 1. The summed E-state index contributed by atoms with van der Waals surface area (Å²) in [4.78, 5) is 25.0. The maximum atomic E-state index is 12.1. The van der Waals surface area contributed by atoms with Gasteiger partial charge in [-0.25, -0.2) is 4.79 Å².